The molecule has 0 saturated carbocycles. The Balaban J connectivity index is 1.54. The van der Waals surface area contributed by atoms with Crippen molar-refractivity contribution in [2.24, 2.45) is 5.92 Å². The average molecular weight is 363 g/mol. The van der Waals surface area contributed by atoms with E-state index in [-0.39, 0.29) is 6.09 Å². The topological polar surface area (TPSA) is 48.0 Å². The predicted molar refractivity (Wildman–Crippen MR) is 102 cm³/mol. The van der Waals surface area contributed by atoms with E-state index in [1.165, 1.54) is 5.56 Å². The Kier molecular flexibility index (Phi) is 8.39. The Hall–Kier alpha value is -1.59. The smallest absolute Gasteiger partial charge is 0.410 e. The minimum absolute atomic E-state index is 0.212. The highest BCUT2D eigenvalue weighted by Crippen LogP contribution is 2.19. The summed E-state index contributed by atoms with van der Waals surface area (Å²) in [6.07, 6.45) is 2.78. The van der Waals surface area contributed by atoms with Gasteiger partial charge in [0.2, 0.25) is 0 Å². The van der Waals surface area contributed by atoms with E-state index >= 15 is 0 Å². The summed E-state index contributed by atoms with van der Waals surface area (Å²) >= 11 is 0. The lowest BCUT2D eigenvalue weighted by Crippen LogP contribution is -2.43. The standard InChI is InChI=1S/C21H33NO4/c1-21(2,3)26-20(23)22-12-7-11-19(15-22)17-25-14-8-13-24-16-18-9-5-4-6-10-18/h4-6,9-10,19H,7-8,11-17H2,1-3H3/t19-/m0/s1. The maximum absolute atomic E-state index is 12.2. The van der Waals surface area contributed by atoms with E-state index in [0.29, 0.717) is 32.3 Å². The Morgan fingerprint density at radius 3 is 2.62 bits per heavy atom. The van der Waals surface area contributed by atoms with Gasteiger partial charge in [-0.2, -0.15) is 0 Å². The van der Waals surface area contributed by atoms with Gasteiger partial charge in [-0.3, -0.25) is 0 Å². The second-order valence-electron chi connectivity index (χ2n) is 7.90. The number of hydrogen-bond donors (Lipinski definition) is 0. The lowest BCUT2D eigenvalue weighted by Gasteiger charge is -2.34. The Morgan fingerprint density at radius 2 is 1.88 bits per heavy atom. The SMILES string of the molecule is CC(C)(C)OC(=O)N1CCC[C@H](COCCCOCc2ccccc2)C1. The minimum Gasteiger partial charge on any atom is -0.444 e. The van der Waals surface area contributed by atoms with Crippen molar-refractivity contribution in [3.8, 4) is 0 Å². The average Bonchev–Trinajstić information content (AvgIpc) is 2.60. The number of carbonyl (C=O) groups excluding carboxylic acids is 1. The molecule has 0 radical (unpaired) electrons. The second kappa shape index (κ2) is 10.5. The van der Waals surface area contributed by atoms with E-state index in [1.807, 2.05) is 43.9 Å². The number of rotatable bonds is 8. The molecule has 1 heterocycles. The van der Waals surface area contributed by atoms with Gasteiger partial charge in [0.15, 0.2) is 0 Å². The summed E-state index contributed by atoms with van der Waals surface area (Å²) in [5.74, 6) is 0.390. The number of nitrogens with zero attached hydrogens (tertiary/aromatic N) is 1. The molecule has 0 unspecified atom stereocenters. The molecule has 0 N–H and O–H groups in total. The first-order chi connectivity index (χ1) is 12.4. The van der Waals surface area contributed by atoms with Gasteiger partial charge in [0.05, 0.1) is 13.2 Å². The Labute approximate surface area is 157 Å². The first-order valence-electron chi connectivity index (χ1n) is 9.61. The summed E-state index contributed by atoms with van der Waals surface area (Å²) in [4.78, 5) is 14.0. The first kappa shape index (κ1) is 20.7. The fourth-order valence-electron chi connectivity index (χ4n) is 2.97. The number of amides is 1. The third kappa shape index (κ3) is 8.19. The van der Waals surface area contributed by atoms with Gasteiger partial charge in [-0.05, 0) is 45.6 Å². The van der Waals surface area contributed by atoms with Crippen molar-refractivity contribution in [1.82, 2.24) is 4.90 Å². The Morgan fingerprint density at radius 1 is 1.15 bits per heavy atom. The van der Waals surface area contributed by atoms with E-state index in [9.17, 15) is 4.79 Å². The van der Waals surface area contributed by atoms with Crippen molar-refractivity contribution in [1.29, 1.82) is 0 Å². The molecule has 0 spiro atoms. The molecule has 1 aromatic carbocycles. The van der Waals surface area contributed by atoms with Crippen LogP contribution in [0.15, 0.2) is 30.3 Å². The normalized spacial score (nSPS) is 18.0. The number of likely N-dealkylation sites (tertiary alicyclic amines) is 1. The highest BCUT2D eigenvalue weighted by Gasteiger charge is 2.27. The van der Waals surface area contributed by atoms with Gasteiger partial charge < -0.3 is 19.1 Å². The van der Waals surface area contributed by atoms with Crippen LogP contribution in [0.3, 0.4) is 0 Å². The molecule has 5 nitrogen and oxygen atoms in total. The summed E-state index contributed by atoms with van der Waals surface area (Å²) in [5.41, 5.74) is 0.748. The molecule has 2 rings (SSSR count). The van der Waals surface area contributed by atoms with Crippen molar-refractivity contribution in [3.05, 3.63) is 35.9 Å². The highest BCUT2D eigenvalue weighted by atomic mass is 16.6. The van der Waals surface area contributed by atoms with Crippen LogP contribution in [0.2, 0.25) is 0 Å². The zero-order valence-corrected chi connectivity index (χ0v) is 16.4. The first-order valence-corrected chi connectivity index (χ1v) is 9.61. The molecule has 1 atom stereocenters. The molecule has 1 saturated heterocycles. The Bertz CT molecular complexity index is 527. The van der Waals surface area contributed by atoms with Crippen LogP contribution in [0, 0.1) is 5.92 Å². The number of hydrogen-bond acceptors (Lipinski definition) is 4. The number of piperidine rings is 1. The lowest BCUT2D eigenvalue weighted by atomic mass is 9.99. The zero-order valence-electron chi connectivity index (χ0n) is 16.4. The van der Waals surface area contributed by atoms with Crippen LogP contribution < -0.4 is 0 Å². The monoisotopic (exact) mass is 363 g/mol. The predicted octanol–water partition coefficient (Wildman–Crippen LogP) is 4.26. The van der Waals surface area contributed by atoms with Crippen molar-refractivity contribution in [2.75, 3.05) is 32.9 Å². The van der Waals surface area contributed by atoms with Gasteiger partial charge in [0.1, 0.15) is 5.60 Å². The van der Waals surface area contributed by atoms with E-state index < -0.39 is 5.60 Å². The minimum atomic E-state index is -0.444. The van der Waals surface area contributed by atoms with Crippen molar-refractivity contribution in [2.45, 2.75) is 52.2 Å². The van der Waals surface area contributed by atoms with Crippen molar-refractivity contribution >= 4 is 6.09 Å². The van der Waals surface area contributed by atoms with E-state index in [1.54, 1.807) is 0 Å². The number of carbonyl (C=O) groups is 1. The van der Waals surface area contributed by atoms with Gasteiger partial charge in [0.25, 0.3) is 0 Å². The zero-order chi connectivity index (χ0) is 18.8. The van der Waals surface area contributed by atoms with Crippen molar-refractivity contribution in [3.63, 3.8) is 0 Å². The van der Waals surface area contributed by atoms with Gasteiger partial charge in [0, 0.05) is 32.2 Å². The summed E-state index contributed by atoms with van der Waals surface area (Å²) < 4.78 is 16.9. The van der Waals surface area contributed by atoms with Crippen LogP contribution in [0.5, 0.6) is 0 Å². The lowest BCUT2D eigenvalue weighted by molar-refractivity contribution is 0.00549. The van der Waals surface area contributed by atoms with Crippen LogP contribution >= 0.6 is 0 Å². The largest absolute Gasteiger partial charge is 0.444 e. The van der Waals surface area contributed by atoms with Gasteiger partial charge in [-0.1, -0.05) is 30.3 Å². The second-order valence-corrected chi connectivity index (χ2v) is 7.90. The fraction of sp³-hybridized carbons (Fsp3) is 0.667. The molecular weight excluding hydrogens is 330 g/mol. The summed E-state index contributed by atoms with van der Waals surface area (Å²) in [6.45, 7) is 9.92. The van der Waals surface area contributed by atoms with Crippen molar-refractivity contribution < 1.29 is 19.0 Å². The van der Waals surface area contributed by atoms with E-state index in [0.717, 1.165) is 32.4 Å². The molecule has 146 valence electrons. The molecule has 1 fully saturated rings. The van der Waals surface area contributed by atoms with Gasteiger partial charge >= 0.3 is 6.09 Å². The van der Waals surface area contributed by atoms with Crippen LogP contribution in [0.25, 0.3) is 0 Å². The quantitative estimate of drug-likeness (QED) is 0.648. The van der Waals surface area contributed by atoms with E-state index in [2.05, 4.69) is 12.1 Å². The summed E-state index contributed by atoms with van der Waals surface area (Å²) in [7, 11) is 0. The third-order valence-corrected chi connectivity index (χ3v) is 4.21. The maximum atomic E-state index is 12.2. The van der Waals surface area contributed by atoms with E-state index in [4.69, 9.17) is 14.2 Å². The van der Waals surface area contributed by atoms with Crippen LogP contribution in [-0.2, 0) is 20.8 Å². The summed E-state index contributed by atoms with van der Waals surface area (Å²) in [5, 5.41) is 0. The third-order valence-electron chi connectivity index (χ3n) is 4.21. The van der Waals surface area contributed by atoms with Crippen LogP contribution in [0.4, 0.5) is 4.79 Å². The molecule has 1 aromatic rings. The molecular formula is C21H33NO4. The summed E-state index contributed by atoms with van der Waals surface area (Å²) in [6, 6.07) is 10.2. The molecule has 26 heavy (non-hydrogen) atoms. The van der Waals surface area contributed by atoms with Crippen LogP contribution in [-0.4, -0.2) is 49.5 Å². The molecule has 0 aromatic heterocycles. The number of ether oxygens (including phenoxy) is 3. The number of benzene rings is 1. The van der Waals surface area contributed by atoms with Gasteiger partial charge in [-0.15, -0.1) is 0 Å². The highest BCUT2D eigenvalue weighted by molar-refractivity contribution is 5.68. The molecule has 1 amide bonds. The molecule has 1 aliphatic rings. The van der Waals surface area contributed by atoms with Crippen LogP contribution in [0.1, 0.15) is 45.6 Å². The molecule has 1 aliphatic heterocycles. The molecule has 5 heteroatoms. The van der Waals surface area contributed by atoms with Gasteiger partial charge in [-0.25, -0.2) is 4.79 Å². The molecule has 0 bridgehead atoms. The molecule has 0 aliphatic carbocycles. The fourth-order valence-corrected chi connectivity index (χ4v) is 2.97. The maximum Gasteiger partial charge on any atom is 0.410 e.